The molecule has 0 bridgehead atoms. The molecular formula is C11H20N2OS2. The smallest absolute Gasteiger partial charge is 0.177 e. The predicted octanol–water partition coefficient (Wildman–Crippen LogP) is 2.78. The van der Waals surface area contributed by atoms with Gasteiger partial charge in [0, 0.05) is 46.2 Å². The average Bonchev–Trinajstić information content (AvgIpc) is 2.44. The molecule has 1 heterocycles. The summed E-state index contributed by atoms with van der Waals surface area (Å²) in [5, 5.41) is 0. The molecule has 0 saturated heterocycles. The second-order valence-electron chi connectivity index (χ2n) is 5.19. The minimum atomic E-state index is -0.805. The maximum atomic E-state index is 11.3. The van der Waals surface area contributed by atoms with Crippen molar-refractivity contribution in [1.82, 2.24) is 9.55 Å². The fourth-order valence-corrected chi connectivity index (χ4v) is 2.97. The van der Waals surface area contributed by atoms with Crippen molar-refractivity contribution in [2.75, 3.05) is 12.0 Å². The summed E-state index contributed by atoms with van der Waals surface area (Å²) in [6, 6.07) is 0.166. The van der Waals surface area contributed by atoms with Crippen molar-refractivity contribution < 1.29 is 4.21 Å². The zero-order valence-corrected chi connectivity index (χ0v) is 12.2. The van der Waals surface area contributed by atoms with Crippen LogP contribution in [0.2, 0.25) is 0 Å². The van der Waals surface area contributed by atoms with E-state index in [1.807, 2.05) is 6.20 Å². The van der Waals surface area contributed by atoms with Crippen LogP contribution in [-0.4, -0.2) is 25.8 Å². The third kappa shape index (κ3) is 3.04. The minimum absolute atomic E-state index is 0.0387. The van der Waals surface area contributed by atoms with Crippen molar-refractivity contribution in [2.45, 2.75) is 39.2 Å². The minimum Gasteiger partial charge on any atom is -0.337 e. The Labute approximate surface area is 105 Å². The van der Waals surface area contributed by atoms with E-state index in [1.165, 1.54) is 0 Å². The van der Waals surface area contributed by atoms with Crippen LogP contribution in [0.1, 0.15) is 39.4 Å². The van der Waals surface area contributed by atoms with E-state index in [0.29, 0.717) is 10.5 Å². The molecule has 92 valence electrons. The van der Waals surface area contributed by atoms with Crippen molar-refractivity contribution in [3.63, 3.8) is 0 Å². The van der Waals surface area contributed by atoms with Crippen LogP contribution in [0, 0.1) is 4.77 Å². The van der Waals surface area contributed by atoms with Crippen LogP contribution in [0.3, 0.4) is 0 Å². The third-order valence-corrected chi connectivity index (χ3v) is 3.76. The standard InChI is InChI=1S/C11H20N2OS2/c1-8(7-16(5)14)13-9(11(2,3)4)6-12-10(13)15/h6,8H,7H2,1-5H3,(H,12,15). The summed E-state index contributed by atoms with van der Waals surface area (Å²) in [5.41, 5.74) is 1.20. The molecule has 1 N–H and O–H groups in total. The van der Waals surface area contributed by atoms with E-state index in [2.05, 4.69) is 37.2 Å². The zero-order valence-electron chi connectivity index (χ0n) is 10.5. The first-order chi connectivity index (χ1) is 7.23. The molecular weight excluding hydrogens is 240 g/mol. The number of nitrogens with one attached hydrogen (secondary N) is 1. The first-order valence-electron chi connectivity index (χ1n) is 5.34. The molecule has 0 spiro atoms. The summed E-state index contributed by atoms with van der Waals surface area (Å²) < 4.78 is 14.1. The van der Waals surface area contributed by atoms with E-state index in [-0.39, 0.29) is 11.5 Å². The number of H-pyrrole nitrogens is 1. The van der Waals surface area contributed by atoms with E-state index >= 15 is 0 Å². The molecule has 16 heavy (non-hydrogen) atoms. The first-order valence-corrected chi connectivity index (χ1v) is 7.47. The Morgan fingerprint density at radius 1 is 1.56 bits per heavy atom. The number of aromatic nitrogens is 2. The molecule has 5 heteroatoms. The number of rotatable bonds is 3. The summed E-state index contributed by atoms with van der Waals surface area (Å²) in [7, 11) is -0.805. The Morgan fingerprint density at radius 3 is 2.56 bits per heavy atom. The lowest BCUT2D eigenvalue weighted by atomic mass is 9.92. The molecule has 1 rings (SSSR count). The van der Waals surface area contributed by atoms with Crippen LogP contribution in [0.25, 0.3) is 0 Å². The topological polar surface area (TPSA) is 37.8 Å². The largest absolute Gasteiger partial charge is 0.337 e. The van der Waals surface area contributed by atoms with Crippen molar-refractivity contribution in [3.05, 3.63) is 16.7 Å². The molecule has 0 fully saturated rings. The molecule has 2 unspecified atom stereocenters. The number of aromatic amines is 1. The highest BCUT2D eigenvalue weighted by molar-refractivity contribution is 7.84. The quantitative estimate of drug-likeness (QED) is 0.849. The molecule has 0 saturated carbocycles. The van der Waals surface area contributed by atoms with Crippen molar-refractivity contribution in [3.8, 4) is 0 Å². The molecule has 3 nitrogen and oxygen atoms in total. The highest BCUT2D eigenvalue weighted by Crippen LogP contribution is 2.25. The van der Waals surface area contributed by atoms with E-state index in [1.54, 1.807) is 6.26 Å². The second-order valence-corrected chi connectivity index (χ2v) is 7.05. The average molecular weight is 260 g/mol. The summed E-state index contributed by atoms with van der Waals surface area (Å²) >= 11 is 5.28. The Morgan fingerprint density at radius 2 is 2.12 bits per heavy atom. The Hall–Kier alpha value is -0.420. The van der Waals surface area contributed by atoms with Gasteiger partial charge in [-0.1, -0.05) is 20.8 Å². The van der Waals surface area contributed by atoms with Crippen LogP contribution in [-0.2, 0) is 16.2 Å². The van der Waals surface area contributed by atoms with Gasteiger partial charge >= 0.3 is 0 Å². The summed E-state index contributed by atoms with van der Waals surface area (Å²) in [6.45, 7) is 8.51. The van der Waals surface area contributed by atoms with Gasteiger partial charge in [0.15, 0.2) is 4.77 Å². The SMILES string of the molecule is CC(CS(C)=O)n1c(C(C)(C)C)c[nH]c1=S. The Bertz CT molecular complexity index is 440. The summed E-state index contributed by atoms with van der Waals surface area (Å²) in [4.78, 5) is 3.08. The van der Waals surface area contributed by atoms with Gasteiger partial charge in [-0.15, -0.1) is 0 Å². The lowest BCUT2D eigenvalue weighted by molar-refractivity contribution is 0.482. The van der Waals surface area contributed by atoms with Crippen LogP contribution < -0.4 is 0 Å². The maximum Gasteiger partial charge on any atom is 0.177 e. The van der Waals surface area contributed by atoms with Crippen molar-refractivity contribution >= 4 is 23.0 Å². The second kappa shape index (κ2) is 4.84. The van der Waals surface area contributed by atoms with Gasteiger partial charge in [-0.3, -0.25) is 4.21 Å². The van der Waals surface area contributed by atoms with E-state index in [9.17, 15) is 4.21 Å². The summed E-state index contributed by atoms with van der Waals surface area (Å²) in [5.74, 6) is 0.634. The Balaban J connectivity index is 3.17. The molecule has 1 aromatic rings. The van der Waals surface area contributed by atoms with Crippen LogP contribution >= 0.6 is 12.2 Å². The van der Waals surface area contributed by atoms with Crippen molar-refractivity contribution in [2.24, 2.45) is 0 Å². The molecule has 0 aliphatic heterocycles. The molecule has 0 aliphatic rings. The van der Waals surface area contributed by atoms with Gasteiger partial charge in [0.2, 0.25) is 0 Å². The lowest BCUT2D eigenvalue weighted by Crippen LogP contribution is -2.22. The van der Waals surface area contributed by atoms with Gasteiger partial charge < -0.3 is 9.55 Å². The fraction of sp³-hybridized carbons (Fsp3) is 0.727. The van der Waals surface area contributed by atoms with Gasteiger partial charge in [0.1, 0.15) is 0 Å². The van der Waals surface area contributed by atoms with E-state index in [4.69, 9.17) is 12.2 Å². The first kappa shape index (κ1) is 13.6. The van der Waals surface area contributed by atoms with Gasteiger partial charge in [-0.25, -0.2) is 0 Å². The van der Waals surface area contributed by atoms with Crippen LogP contribution in [0.15, 0.2) is 6.20 Å². The van der Waals surface area contributed by atoms with Crippen molar-refractivity contribution in [1.29, 1.82) is 0 Å². The van der Waals surface area contributed by atoms with Gasteiger partial charge in [0.05, 0.1) is 0 Å². The lowest BCUT2D eigenvalue weighted by Gasteiger charge is -2.24. The van der Waals surface area contributed by atoms with Crippen LogP contribution in [0.5, 0.6) is 0 Å². The molecule has 0 aliphatic carbocycles. The number of imidazole rings is 1. The van der Waals surface area contributed by atoms with Gasteiger partial charge in [-0.2, -0.15) is 0 Å². The third-order valence-electron chi connectivity index (χ3n) is 2.50. The fourth-order valence-electron chi connectivity index (χ4n) is 1.81. The number of nitrogens with zero attached hydrogens (tertiary/aromatic N) is 1. The van der Waals surface area contributed by atoms with E-state index in [0.717, 1.165) is 5.69 Å². The Kier molecular flexibility index (Phi) is 4.12. The molecule has 0 radical (unpaired) electrons. The monoisotopic (exact) mass is 260 g/mol. The van der Waals surface area contributed by atoms with Gasteiger partial charge in [-0.05, 0) is 19.1 Å². The summed E-state index contributed by atoms with van der Waals surface area (Å²) in [6.07, 6.45) is 3.68. The maximum absolute atomic E-state index is 11.3. The zero-order chi connectivity index (χ0) is 12.5. The number of hydrogen-bond donors (Lipinski definition) is 1. The highest BCUT2D eigenvalue weighted by Gasteiger charge is 2.22. The predicted molar refractivity (Wildman–Crippen MR) is 72.0 cm³/mol. The molecule has 2 atom stereocenters. The highest BCUT2D eigenvalue weighted by atomic mass is 32.2. The molecule has 0 amide bonds. The van der Waals surface area contributed by atoms with E-state index < -0.39 is 10.8 Å². The molecule has 1 aromatic heterocycles. The normalized spacial score (nSPS) is 16.1. The van der Waals surface area contributed by atoms with Gasteiger partial charge in [0.25, 0.3) is 0 Å². The molecule has 0 aromatic carbocycles. The number of hydrogen-bond acceptors (Lipinski definition) is 2. The van der Waals surface area contributed by atoms with Crippen LogP contribution in [0.4, 0.5) is 0 Å².